The minimum Gasteiger partial charge on any atom is -0.495 e. The predicted octanol–water partition coefficient (Wildman–Crippen LogP) is 4.11. The van der Waals surface area contributed by atoms with Gasteiger partial charge in [0.1, 0.15) is 17.6 Å². The van der Waals surface area contributed by atoms with Crippen molar-refractivity contribution in [3.63, 3.8) is 0 Å². The SMILES string of the molecule is COc1ccc(CN2CCC[C@H](c3n[nH]c(C4CCCCC4)n3)C2)cc1C#N. The quantitative estimate of drug-likeness (QED) is 0.846. The largest absolute Gasteiger partial charge is 0.495 e. The van der Waals surface area contributed by atoms with Crippen molar-refractivity contribution in [2.45, 2.75) is 63.3 Å². The first-order valence-corrected chi connectivity index (χ1v) is 10.5. The molecule has 1 aliphatic heterocycles. The molecule has 4 rings (SSSR count). The van der Waals surface area contributed by atoms with E-state index in [-0.39, 0.29) is 0 Å². The van der Waals surface area contributed by atoms with E-state index in [9.17, 15) is 5.26 Å². The maximum Gasteiger partial charge on any atom is 0.155 e. The molecule has 0 unspecified atom stereocenters. The molecule has 1 saturated heterocycles. The number of rotatable bonds is 5. The van der Waals surface area contributed by atoms with Crippen molar-refractivity contribution in [1.82, 2.24) is 20.1 Å². The van der Waals surface area contributed by atoms with Crippen LogP contribution < -0.4 is 4.74 Å². The zero-order valence-corrected chi connectivity index (χ0v) is 16.7. The topological polar surface area (TPSA) is 77.8 Å². The fraction of sp³-hybridized carbons (Fsp3) is 0.591. The first kappa shape index (κ1) is 18.9. The van der Waals surface area contributed by atoms with E-state index >= 15 is 0 Å². The van der Waals surface area contributed by atoms with Crippen molar-refractivity contribution >= 4 is 0 Å². The molecule has 2 aliphatic rings. The number of hydrogen-bond acceptors (Lipinski definition) is 5. The Bertz CT molecular complexity index is 834. The number of ether oxygens (including phenoxy) is 1. The van der Waals surface area contributed by atoms with Crippen LogP contribution in [-0.4, -0.2) is 40.3 Å². The number of likely N-dealkylation sites (tertiary alicyclic amines) is 1. The summed E-state index contributed by atoms with van der Waals surface area (Å²) in [5, 5.41) is 17.1. The van der Waals surface area contributed by atoms with Gasteiger partial charge in [0.25, 0.3) is 0 Å². The Kier molecular flexibility index (Phi) is 5.92. The van der Waals surface area contributed by atoms with E-state index in [1.807, 2.05) is 12.1 Å². The Balaban J connectivity index is 1.41. The highest BCUT2D eigenvalue weighted by Crippen LogP contribution is 2.32. The van der Waals surface area contributed by atoms with E-state index in [4.69, 9.17) is 9.72 Å². The molecule has 1 aliphatic carbocycles. The fourth-order valence-electron chi connectivity index (χ4n) is 4.64. The van der Waals surface area contributed by atoms with Crippen LogP contribution in [0.4, 0.5) is 0 Å². The highest BCUT2D eigenvalue weighted by atomic mass is 16.5. The third-order valence-electron chi connectivity index (χ3n) is 6.17. The lowest BCUT2D eigenvalue weighted by molar-refractivity contribution is 0.196. The zero-order valence-electron chi connectivity index (χ0n) is 16.7. The van der Waals surface area contributed by atoms with Gasteiger partial charge in [-0.2, -0.15) is 10.4 Å². The molecule has 1 saturated carbocycles. The number of nitrogens with zero attached hydrogens (tertiary/aromatic N) is 4. The van der Waals surface area contributed by atoms with Crippen molar-refractivity contribution in [3.05, 3.63) is 41.0 Å². The molecule has 1 atom stereocenters. The average Bonchev–Trinajstić information content (AvgIpc) is 3.25. The molecule has 2 fully saturated rings. The fourth-order valence-corrected chi connectivity index (χ4v) is 4.64. The Morgan fingerprint density at radius 2 is 2.00 bits per heavy atom. The second-order valence-electron chi connectivity index (χ2n) is 8.13. The van der Waals surface area contributed by atoms with E-state index in [2.05, 4.69) is 27.2 Å². The number of hydrogen-bond donors (Lipinski definition) is 1. The Labute approximate surface area is 166 Å². The molecule has 0 amide bonds. The number of nitrogens with one attached hydrogen (secondary N) is 1. The second-order valence-corrected chi connectivity index (χ2v) is 8.13. The standard InChI is InChI=1S/C22H29N5O/c1-28-20-10-9-16(12-19(20)13-23)14-27-11-5-8-18(15-27)22-24-21(25-26-22)17-6-3-2-4-7-17/h9-10,12,17-18H,2-8,11,14-15H2,1H3,(H,24,25,26)/t18-/m0/s1. The monoisotopic (exact) mass is 379 g/mol. The van der Waals surface area contributed by atoms with Gasteiger partial charge in [-0.3, -0.25) is 10.00 Å². The molecule has 2 aromatic rings. The van der Waals surface area contributed by atoms with Gasteiger partial charge in [0, 0.05) is 24.9 Å². The minimum atomic E-state index is 0.385. The number of benzene rings is 1. The van der Waals surface area contributed by atoms with Gasteiger partial charge in [-0.1, -0.05) is 25.3 Å². The van der Waals surface area contributed by atoms with Crippen LogP contribution in [0.15, 0.2) is 18.2 Å². The van der Waals surface area contributed by atoms with E-state index in [0.717, 1.165) is 49.7 Å². The summed E-state index contributed by atoms with van der Waals surface area (Å²) in [6.45, 7) is 2.88. The lowest BCUT2D eigenvalue weighted by Gasteiger charge is -2.31. The summed E-state index contributed by atoms with van der Waals surface area (Å²) < 4.78 is 5.25. The van der Waals surface area contributed by atoms with Gasteiger partial charge in [-0.25, -0.2) is 4.98 Å². The number of piperidine rings is 1. The van der Waals surface area contributed by atoms with Gasteiger partial charge in [-0.15, -0.1) is 0 Å². The molecule has 1 N–H and O–H groups in total. The Hall–Kier alpha value is -2.39. The lowest BCUT2D eigenvalue weighted by atomic mass is 9.89. The number of aromatic amines is 1. The van der Waals surface area contributed by atoms with Crippen LogP contribution in [0.2, 0.25) is 0 Å². The molecule has 0 spiro atoms. The Morgan fingerprint density at radius 3 is 2.79 bits per heavy atom. The second kappa shape index (κ2) is 8.74. The summed E-state index contributed by atoms with van der Waals surface area (Å²) in [6.07, 6.45) is 8.75. The van der Waals surface area contributed by atoms with Crippen molar-refractivity contribution in [2.75, 3.05) is 20.2 Å². The summed E-state index contributed by atoms with van der Waals surface area (Å²) in [5.74, 6) is 3.67. The van der Waals surface area contributed by atoms with Crippen LogP contribution in [0.5, 0.6) is 5.75 Å². The predicted molar refractivity (Wildman–Crippen MR) is 107 cm³/mol. The van der Waals surface area contributed by atoms with E-state index in [1.165, 1.54) is 32.1 Å². The van der Waals surface area contributed by atoms with Gasteiger partial charge < -0.3 is 4.74 Å². The van der Waals surface area contributed by atoms with Crippen molar-refractivity contribution in [3.8, 4) is 11.8 Å². The molecular formula is C22H29N5O. The summed E-state index contributed by atoms with van der Waals surface area (Å²) in [7, 11) is 1.60. The minimum absolute atomic E-state index is 0.385. The van der Waals surface area contributed by atoms with Crippen molar-refractivity contribution in [1.29, 1.82) is 5.26 Å². The van der Waals surface area contributed by atoms with Crippen molar-refractivity contribution < 1.29 is 4.74 Å². The first-order valence-electron chi connectivity index (χ1n) is 10.5. The van der Waals surface area contributed by atoms with E-state index in [0.29, 0.717) is 23.1 Å². The number of nitriles is 1. The maximum absolute atomic E-state index is 9.32. The molecule has 6 nitrogen and oxygen atoms in total. The average molecular weight is 380 g/mol. The van der Waals surface area contributed by atoms with Gasteiger partial charge >= 0.3 is 0 Å². The van der Waals surface area contributed by atoms with E-state index in [1.54, 1.807) is 7.11 Å². The van der Waals surface area contributed by atoms with Gasteiger partial charge in [-0.05, 0) is 49.9 Å². The molecule has 2 heterocycles. The molecule has 6 heteroatoms. The highest BCUT2D eigenvalue weighted by Gasteiger charge is 2.26. The highest BCUT2D eigenvalue weighted by molar-refractivity contribution is 5.45. The number of H-pyrrole nitrogens is 1. The molecule has 0 radical (unpaired) electrons. The van der Waals surface area contributed by atoms with Crippen LogP contribution in [-0.2, 0) is 6.54 Å². The first-order chi connectivity index (χ1) is 13.8. The maximum atomic E-state index is 9.32. The van der Waals surface area contributed by atoms with Crippen LogP contribution in [0.25, 0.3) is 0 Å². The van der Waals surface area contributed by atoms with E-state index < -0.39 is 0 Å². The smallest absolute Gasteiger partial charge is 0.155 e. The van der Waals surface area contributed by atoms with Gasteiger partial charge in [0.15, 0.2) is 5.82 Å². The summed E-state index contributed by atoms with van der Waals surface area (Å²) in [6, 6.07) is 8.11. The third kappa shape index (κ3) is 4.20. The molecule has 1 aromatic carbocycles. The number of methoxy groups -OCH3 is 1. The lowest BCUT2D eigenvalue weighted by Crippen LogP contribution is -2.34. The molecule has 0 bridgehead atoms. The van der Waals surface area contributed by atoms with Crippen molar-refractivity contribution in [2.24, 2.45) is 0 Å². The number of aromatic nitrogens is 3. The summed E-state index contributed by atoms with van der Waals surface area (Å²) >= 11 is 0. The third-order valence-corrected chi connectivity index (χ3v) is 6.17. The Morgan fingerprint density at radius 1 is 1.18 bits per heavy atom. The summed E-state index contributed by atoms with van der Waals surface area (Å²) in [5.41, 5.74) is 1.75. The van der Waals surface area contributed by atoms with Crippen LogP contribution in [0, 0.1) is 11.3 Å². The summed E-state index contributed by atoms with van der Waals surface area (Å²) in [4.78, 5) is 7.35. The van der Waals surface area contributed by atoms with Crippen LogP contribution in [0.3, 0.4) is 0 Å². The van der Waals surface area contributed by atoms with Gasteiger partial charge in [0.05, 0.1) is 12.7 Å². The molecular weight excluding hydrogens is 350 g/mol. The zero-order chi connectivity index (χ0) is 19.3. The molecule has 148 valence electrons. The normalized spacial score (nSPS) is 21.4. The van der Waals surface area contributed by atoms with Crippen LogP contribution in [0.1, 0.15) is 79.6 Å². The molecule has 28 heavy (non-hydrogen) atoms. The molecule has 1 aromatic heterocycles. The van der Waals surface area contributed by atoms with Crippen LogP contribution >= 0.6 is 0 Å². The van der Waals surface area contributed by atoms with Gasteiger partial charge in [0.2, 0.25) is 0 Å².